The predicted molar refractivity (Wildman–Crippen MR) is 129 cm³/mol. The molecule has 0 unspecified atom stereocenters. The fraction of sp³-hybridized carbons (Fsp3) is 0.269. The molecule has 0 radical (unpaired) electrons. The smallest absolute Gasteiger partial charge is 0.264 e. The fourth-order valence-electron chi connectivity index (χ4n) is 3.81. The highest BCUT2D eigenvalue weighted by Gasteiger charge is 2.28. The van der Waals surface area contributed by atoms with Crippen molar-refractivity contribution in [3.63, 3.8) is 0 Å². The summed E-state index contributed by atoms with van der Waals surface area (Å²) in [6.45, 7) is 9.56. The van der Waals surface area contributed by atoms with Crippen molar-refractivity contribution in [1.82, 2.24) is 5.32 Å². The van der Waals surface area contributed by atoms with Gasteiger partial charge in [-0.2, -0.15) is 0 Å². The summed E-state index contributed by atoms with van der Waals surface area (Å²) >= 11 is 0. The number of carbonyl (C=O) groups is 1. The second-order valence-electron chi connectivity index (χ2n) is 8.19. The standard InChI is InChI=1S/C26H30N2O3S/c1-18-11-9-10-14-25(18)28(32(30,31)23-12-7-6-8-13-23)17-26(29)27-22(5)24-16-20(3)19(2)15-21(24)4/h6-16,22H,17H2,1-5H3,(H,27,29)/t22-/m1/s1. The summed E-state index contributed by atoms with van der Waals surface area (Å²) < 4.78 is 28.1. The Labute approximate surface area is 191 Å². The van der Waals surface area contributed by atoms with Gasteiger partial charge in [-0.15, -0.1) is 0 Å². The maximum atomic E-state index is 13.5. The molecule has 1 atom stereocenters. The number of amides is 1. The average molecular weight is 451 g/mol. The molecule has 1 N–H and O–H groups in total. The van der Waals surface area contributed by atoms with E-state index in [0.717, 1.165) is 22.3 Å². The lowest BCUT2D eigenvalue weighted by Crippen LogP contribution is -2.42. The lowest BCUT2D eigenvalue weighted by molar-refractivity contribution is -0.120. The molecule has 0 aromatic heterocycles. The lowest BCUT2D eigenvalue weighted by atomic mass is 9.96. The van der Waals surface area contributed by atoms with E-state index in [0.29, 0.717) is 5.69 Å². The number of hydrogen-bond acceptors (Lipinski definition) is 3. The van der Waals surface area contributed by atoms with Gasteiger partial charge in [-0.3, -0.25) is 9.10 Å². The molecule has 6 heteroatoms. The van der Waals surface area contributed by atoms with Crippen LogP contribution in [0.1, 0.15) is 40.8 Å². The maximum Gasteiger partial charge on any atom is 0.264 e. The molecule has 5 nitrogen and oxygen atoms in total. The van der Waals surface area contributed by atoms with Crippen LogP contribution >= 0.6 is 0 Å². The highest BCUT2D eigenvalue weighted by molar-refractivity contribution is 7.92. The Morgan fingerprint density at radius 1 is 0.844 bits per heavy atom. The molecule has 0 fully saturated rings. The topological polar surface area (TPSA) is 66.5 Å². The SMILES string of the molecule is Cc1cc(C)c([C@@H](C)NC(=O)CN(c2ccccc2C)S(=O)(=O)c2ccccc2)cc1C. The first-order chi connectivity index (χ1) is 15.1. The lowest BCUT2D eigenvalue weighted by Gasteiger charge is -2.26. The molecule has 0 aliphatic carbocycles. The summed E-state index contributed by atoms with van der Waals surface area (Å²) in [6.07, 6.45) is 0. The van der Waals surface area contributed by atoms with E-state index in [1.54, 1.807) is 42.5 Å². The third-order valence-corrected chi connectivity index (χ3v) is 7.50. The van der Waals surface area contributed by atoms with E-state index >= 15 is 0 Å². The molecule has 3 aromatic carbocycles. The highest BCUT2D eigenvalue weighted by atomic mass is 32.2. The number of anilines is 1. The number of nitrogens with one attached hydrogen (secondary N) is 1. The van der Waals surface area contributed by atoms with Crippen LogP contribution in [0.5, 0.6) is 0 Å². The first-order valence-electron chi connectivity index (χ1n) is 10.6. The van der Waals surface area contributed by atoms with Gasteiger partial charge in [0, 0.05) is 0 Å². The van der Waals surface area contributed by atoms with Crippen LogP contribution in [0.3, 0.4) is 0 Å². The zero-order chi connectivity index (χ0) is 23.5. The van der Waals surface area contributed by atoms with Crippen LogP contribution in [-0.4, -0.2) is 20.9 Å². The number of para-hydroxylation sites is 1. The van der Waals surface area contributed by atoms with E-state index in [4.69, 9.17) is 0 Å². The number of hydrogen-bond donors (Lipinski definition) is 1. The summed E-state index contributed by atoms with van der Waals surface area (Å²) in [5.41, 5.74) is 5.73. The quantitative estimate of drug-likeness (QED) is 0.551. The zero-order valence-electron chi connectivity index (χ0n) is 19.2. The van der Waals surface area contributed by atoms with Gasteiger partial charge in [0.1, 0.15) is 6.54 Å². The molecular formula is C26H30N2O3S. The van der Waals surface area contributed by atoms with Gasteiger partial charge in [-0.25, -0.2) is 8.42 Å². The van der Waals surface area contributed by atoms with E-state index in [1.807, 2.05) is 39.8 Å². The molecule has 0 saturated carbocycles. The van der Waals surface area contributed by atoms with Crippen molar-refractivity contribution < 1.29 is 13.2 Å². The second-order valence-corrected chi connectivity index (χ2v) is 10.1. The highest BCUT2D eigenvalue weighted by Crippen LogP contribution is 2.27. The number of aryl methyl sites for hydroxylation is 4. The molecule has 1 amide bonds. The minimum Gasteiger partial charge on any atom is -0.348 e. The Morgan fingerprint density at radius 3 is 2.09 bits per heavy atom. The minimum absolute atomic E-state index is 0.147. The molecule has 3 rings (SSSR count). The van der Waals surface area contributed by atoms with Crippen molar-refractivity contribution in [2.45, 2.75) is 45.6 Å². The van der Waals surface area contributed by atoms with E-state index in [9.17, 15) is 13.2 Å². The Morgan fingerprint density at radius 2 is 1.44 bits per heavy atom. The molecule has 0 bridgehead atoms. The fourth-order valence-corrected chi connectivity index (χ4v) is 5.31. The van der Waals surface area contributed by atoms with Crippen molar-refractivity contribution in [1.29, 1.82) is 0 Å². The third-order valence-electron chi connectivity index (χ3n) is 5.73. The zero-order valence-corrected chi connectivity index (χ0v) is 20.0. The van der Waals surface area contributed by atoms with Crippen molar-refractivity contribution in [2.24, 2.45) is 0 Å². The second kappa shape index (κ2) is 9.57. The Hall–Kier alpha value is -3.12. The van der Waals surface area contributed by atoms with E-state index in [-0.39, 0.29) is 23.4 Å². The van der Waals surface area contributed by atoms with Gasteiger partial charge in [0.25, 0.3) is 10.0 Å². The monoisotopic (exact) mass is 450 g/mol. The van der Waals surface area contributed by atoms with Gasteiger partial charge in [-0.05, 0) is 80.6 Å². The summed E-state index contributed by atoms with van der Waals surface area (Å²) in [7, 11) is -3.92. The normalized spacial score (nSPS) is 12.3. The molecule has 32 heavy (non-hydrogen) atoms. The van der Waals surface area contributed by atoms with E-state index in [2.05, 4.69) is 24.4 Å². The largest absolute Gasteiger partial charge is 0.348 e. The summed E-state index contributed by atoms with van der Waals surface area (Å²) in [4.78, 5) is 13.2. The number of rotatable bonds is 7. The van der Waals surface area contributed by atoms with Crippen molar-refractivity contribution in [3.05, 3.63) is 94.5 Å². The van der Waals surface area contributed by atoms with Crippen LogP contribution in [-0.2, 0) is 14.8 Å². The third kappa shape index (κ3) is 5.02. The summed E-state index contributed by atoms with van der Waals surface area (Å²) in [6, 6.07) is 19.3. The van der Waals surface area contributed by atoms with Crippen LogP contribution in [0, 0.1) is 27.7 Å². The number of nitrogens with zero attached hydrogens (tertiary/aromatic N) is 1. The van der Waals surface area contributed by atoms with Gasteiger partial charge < -0.3 is 5.32 Å². The van der Waals surface area contributed by atoms with E-state index < -0.39 is 10.0 Å². The van der Waals surface area contributed by atoms with E-state index in [1.165, 1.54) is 9.87 Å². The van der Waals surface area contributed by atoms with Crippen LogP contribution in [0.15, 0.2) is 71.6 Å². The van der Waals surface area contributed by atoms with Gasteiger partial charge in [0.15, 0.2) is 0 Å². The van der Waals surface area contributed by atoms with Crippen LogP contribution in [0.4, 0.5) is 5.69 Å². The van der Waals surface area contributed by atoms with Gasteiger partial charge >= 0.3 is 0 Å². The number of sulfonamides is 1. The molecule has 0 heterocycles. The van der Waals surface area contributed by atoms with Crippen molar-refractivity contribution >= 4 is 21.6 Å². The van der Waals surface area contributed by atoms with Gasteiger partial charge in [-0.1, -0.05) is 48.5 Å². The van der Waals surface area contributed by atoms with Crippen LogP contribution in [0.2, 0.25) is 0 Å². The average Bonchev–Trinajstić information content (AvgIpc) is 2.75. The molecular weight excluding hydrogens is 420 g/mol. The molecule has 0 aliphatic rings. The predicted octanol–water partition coefficient (Wildman–Crippen LogP) is 4.99. The van der Waals surface area contributed by atoms with Crippen LogP contribution in [0.25, 0.3) is 0 Å². The maximum absolute atomic E-state index is 13.5. The Balaban J connectivity index is 1.91. The summed E-state index contributed by atoms with van der Waals surface area (Å²) in [5, 5.41) is 2.98. The molecule has 0 saturated heterocycles. The summed E-state index contributed by atoms with van der Waals surface area (Å²) in [5.74, 6) is -0.363. The first kappa shape index (κ1) is 23.5. The minimum atomic E-state index is -3.92. The Kier molecular flexibility index (Phi) is 7.04. The van der Waals surface area contributed by atoms with Crippen LogP contribution < -0.4 is 9.62 Å². The molecule has 3 aromatic rings. The van der Waals surface area contributed by atoms with Crippen molar-refractivity contribution in [2.75, 3.05) is 10.8 Å². The molecule has 168 valence electrons. The van der Waals surface area contributed by atoms with Gasteiger partial charge in [0.2, 0.25) is 5.91 Å². The van der Waals surface area contributed by atoms with Crippen molar-refractivity contribution in [3.8, 4) is 0 Å². The molecule has 0 spiro atoms. The molecule has 0 aliphatic heterocycles. The Bertz CT molecular complexity index is 1220. The first-order valence-corrected chi connectivity index (χ1v) is 12.1. The number of benzene rings is 3. The van der Waals surface area contributed by atoms with Gasteiger partial charge in [0.05, 0.1) is 16.6 Å². The number of carbonyl (C=O) groups excluding carboxylic acids is 1.